The van der Waals surface area contributed by atoms with Crippen LogP contribution in [0.4, 0.5) is 0 Å². The average molecular weight is 302 g/mol. The number of carbonyl (C=O) groups excluding carboxylic acids is 1. The quantitative estimate of drug-likeness (QED) is 0.914. The molecule has 1 atom stereocenters. The molecule has 0 radical (unpaired) electrons. The summed E-state index contributed by atoms with van der Waals surface area (Å²) in [6, 6.07) is 1.11. The first-order valence-corrected chi connectivity index (χ1v) is 8.44. The lowest BCUT2D eigenvalue weighted by Crippen LogP contribution is -2.44. The summed E-state index contributed by atoms with van der Waals surface area (Å²) in [4.78, 5) is 13.9. The fourth-order valence-electron chi connectivity index (χ4n) is 2.45. The summed E-state index contributed by atoms with van der Waals surface area (Å²) in [5.74, 6) is -0.231. The summed E-state index contributed by atoms with van der Waals surface area (Å²) < 4.78 is 26.6. The van der Waals surface area contributed by atoms with Gasteiger partial charge in [-0.05, 0) is 32.8 Å². The Morgan fingerprint density at radius 2 is 2.16 bits per heavy atom. The molecule has 0 bridgehead atoms. The first-order chi connectivity index (χ1) is 8.87. The minimum atomic E-state index is -3.57. The van der Waals surface area contributed by atoms with E-state index in [1.165, 1.54) is 22.7 Å². The first kappa shape index (κ1) is 14.5. The van der Waals surface area contributed by atoms with Gasteiger partial charge in [0.2, 0.25) is 15.9 Å². The highest BCUT2D eigenvalue weighted by Crippen LogP contribution is 2.31. The third kappa shape index (κ3) is 2.54. The molecule has 1 unspecified atom stereocenters. The van der Waals surface area contributed by atoms with E-state index in [-0.39, 0.29) is 5.91 Å². The standard InChI is InChI=1S/C12H18N2O3S2/c1-8-7-11(9(2)18-8)19(16,17)14-6-4-5-10(14)12(15)13-3/h7,10H,4-6H2,1-3H3,(H,13,15). The minimum Gasteiger partial charge on any atom is -0.358 e. The molecule has 1 aromatic heterocycles. The number of carbonyl (C=O) groups is 1. The van der Waals surface area contributed by atoms with Gasteiger partial charge in [0.05, 0.1) is 4.90 Å². The van der Waals surface area contributed by atoms with Gasteiger partial charge in [-0.1, -0.05) is 0 Å². The van der Waals surface area contributed by atoms with Gasteiger partial charge in [-0.3, -0.25) is 4.79 Å². The van der Waals surface area contributed by atoms with Crippen molar-refractivity contribution in [3.05, 3.63) is 15.8 Å². The number of thiophene rings is 1. The number of sulfonamides is 1. The molecule has 1 amide bonds. The topological polar surface area (TPSA) is 66.5 Å². The first-order valence-electron chi connectivity index (χ1n) is 6.18. The highest BCUT2D eigenvalue weighted by atomic mass is 32.2. The van der Waals surface area contributed by atoms with Crippen LogP contribution in [0.15, 0.2) is 11.0 Å². The highest BCUT2D eigenvalue weighted by Gasteiger charge is 2.39. The van der Waals surface area contributed by atoms with Gasteiger partial charge in [-0.2, -0.15) is 4.31 Å². The van der Waals surface area contributed by atoms with Crippen LogP contribution in [0.1, 0.15) is 22.6 Å². The van der Waals surface area contributed by atoms with Gasteiger partial charge in [0.1, 0.15) is 6.04 Å². The minimum absolute atomic E-state index is 0.231. The summed E-state index contributed by atoms with van der Waals surface area (Å²) >= 11 is 1.46. The molecule has 0 aromatic carbocycles. The van der Waals surface area contributed by atoms with Crippen LogP contribution in [-0.2, 0) is 14.8 Å². The summed E-state index contributed by atoms with van der Waals surface area (Å²) in [6.07, 6.45) is 1.31. The number of hydrogen-bond donors (Lipinski definition) is 1. The van der Waals surface area contributed by atoms with Crippen LogP contribution in [0.5, 0.6) is 0 Å². The number of nitrogens with zero attached hydrogens (tertiary/aromatic N) is 1. The van der Waals surface area contributed by atoms with Gasteiger partial charge in [-0.25, -0.2) is 8.42 Å². The smallest absolute Gasteiger partial charge is 0.244 e. The van der Waals surface area contributed by atoms with Gasteiger partial charge in [-0.15, -0.1) is 11.3 Å². The highest BCUT2D eigenvalue weighted by molar-refractivity contribution is 7.89. The van der Waals surface area contributed by atoms with E-state index in [0.717, 1.165) is 16.2 Å². The largest absolute Gasteiger partial charge is 0.358 e. The molecule has 2 rings (SSSR count). The summed E-state index contributed by atoms with van der Waals surface area (Å²) in [6.45, 7) is 4.10. The summed E-state index contributed by atoms with van der Waals surface area (Å²) in [5, 5.41) is 2.54. The van der Waals surface area contributed by atoms with Crippen LogP contribution in [0, 0.1) is 13.8 Å². The molecule has 19 heavy (non-hydrogen) atoms. The lowest BCUT2D eigenvalue weighted by molar-refractivity contribution is -0.123. The van der Waals surface area contributed by atoms with E-state index in [2.05, 4.69) is 5.32 Å². The maximum Gasteiger partial charge on any atom is 0.244 e. The van der Waals surface area contributed by atoms with Crippen molar-refractivity contribution >= 4 is 27.3 Å². The zero-order valence-electron chi connectivity index (χ0n) is 11.3. The van der Waals surface area contributed by atoms with Crippen LogP contribution in [0.2, 0.25) is 0 Å². The fraction of sp³-hybridized carbons (Fsp3) is 0.583. The lowest BCUT2D eigenvalue weighted by atomic mass is 10.2. The van der Waals surface area contributed by atoms with Crippen LogP contribution in [0.3, 0.4) is 0 Å². The van der Waals surface area contributed by atoms with E-state index in [1.807, 2.05) is 6.92 Å². The fourth-order valence-corrected chi connectivity index (χ4v) is 5.63. The van der Waals surface area contributed by atoms with Crippen LogP contribution >= 0.6 is 11.3 Å². The maximum absolute atomic E-state index is 12.7. The van der Waals surface area contributed by atoms with E-state index in [4.69, 9.17) is 0 Å². The van der Waals surface area contributed by atoms with E-state index in [1.54, 1.807) is 13.0 Å². The Morgan fingerprint density at radius 3 is 2.68 bits per heavy atom. The molecular formula is C12H18N2O3S2. The van der Waals surface area contributed by atoms with Gasteiger partial charge < -0.3 is 5.32 Å². The zero-order valence-corrected chi connectivity index (χ0v) is 12.9. The molecule has 1 aliphatic rings. The molecule has 1 aliphatic heterocycles. The molecule has 7 heteroatoms. The molecule has 1 aromatic rings. The number of rotatable bonds is 3. The molecule has 1 saturated heterocycles. The van der Waals surface area contributed by atoms with Crippen molar-refractivity contribution in [2.45, 2.75) is 37.6 Å². The molecule has 5 nitrogen and oxygen atoms in total. The zero-order chi connectivity index (χ0) is 14.2. The average Bonchev–Trinajstić information content (AvgIpc) is 2.95. The molecular weight excluding hydrogens is 284 g/mol. The maximum atomic E-state index is 12.7. The Morgan fingerprint density at radius 1 is 1.47 bits per heavy atom. The van der Waals surface area contributed by atoms with Crippen LogP contribution in [0.25, 0.3) is 0 Å². The third-order valence-corrected chi connectivity index (χ3v) is 6.46. The van der Waals surface area contributed by atoms with Crippen LogP contribution < -0.4 is 5.32 Å². The number of amides is 1. The van der Waals surface area contributed by atoms with Crippen molar-refractivity contribution in [3.8, 4) is 0 Å². The van der Waals surface area contributed by atoms with Crippen molar-refractivity contribution < 1.29 is 13.2 Å². The molecule has 1 fully saturated rings. The molecule has 106 valence electrons. The van der Waals surface area contributed by atoms with Gasteiger partial charge in [0.15, 0.2) is 0 Å². The number of likely N-dealkylation sites (N-methyl/N-ethyl adjacent to an activating group) is 1. The van der Waals surface area contributed by atoms with Gasteiger partial charge in [0.25, 0.3) is 0 Å². The number of hydrogen-bond acceptors (Lipinski definition) is 4. The monoisotopic (exact) mass is 302 g/mol. The van der Waals surface area contributed by atoms with E-state index >= 15 is 0 Å². The number of aryl methyl sites for hydroxylation is 2. The van der Waals surface area contributed by atoms with Crippen molar-refractivity contribution in [3.63, 3.8) is 0 Å². The second-order valence-corrected chi connectivity index (χ2v) is 7.98. The molecule has 1 N–H and O–H groups in total. The van der Waals surface area contributed by atoms with E-state index < -0.39 is 16.1 Å². The van der Waals surface area contributed by atoms with Crippen molar-refractivity contribution in [2.24, 2.45) is 0 Å². The predicted molar refractivity (Wildman–Crippen MR) is 74.8 cm³/mol. The van der Waals surface area contributed by atoms with Crippen molar-refractivity contribution in [1.29, 1.82) is 0 Å². The van der Waals surface area contributed by atoms with Gasteiger partial charge >= 0.3 is 0 Å². The van der Waals surface area contributed by atoms with E-state index in [9.17, 15) is 13.2 Å². The SMILES string of the molecule is CNC(=O)C1CCCN1S(=O)(=O)c1cc(C)sc1C. The Balaban J connectivity index is 2.39. The Bertz CT molecular complexity index is 592. The molecule has 0 aliphatic carbocycles. The third-order valence-electron chi connectivity index (χ3n) is 3.33. The lowest BCUT2D eigenvalue weighted by Gasteiger charge is -2.22. The van der Waals surface area contributed by atoms with Crippen molar-refractivity contribution in [1.82, 2.24) is 9.62 Å². The van der Waals surface area contributed by atoms with E-state index in [0.29, 0.717) is 17.9 Å². The van der Waals surface area contributed by atoms with Gasteiger partial charge in [0, 0.05) is 23.3 Å². The molecule has 0 spiro atoms. The molecule has 0 saturated carbocycles. The summed E-state index contributed by atoms with van der Waals surface area (Å²) in [7, 11) is -2.04. The second kappa shape index (κ2) is 5.22. The second-order valence-electron chi connectivity index (χ2n) is 4.67. The Kier molecular flexibility index (Phi) is 3.98. The number of nitrogens with one attached hydrogen (secondary N) is 1. The predicted octanol–water partition coefficient (Wildman–Crippen LogP) is 1.26. The van der Waals surface area contributed by atoms with Crippen molar-refractivity contribution in [2.75, 3.05) is 13.6 Å². The Hall–Kier alpha value is -0.920. The summed E-state index contributed by atoms with van der Waals surface area (Å²) in [5.41, 5.74) is 0. The normalized spacial score (nSPS) is 20.7. The Labute approximate surface area is 117 Å². The molecule has 2 heterocycles. The van der Waals surface area contributed by atoms with Crippen LogP contribution in [-0.4, -0.2) is 38.3 Å².